The number of halogens is 2. The van der Waals surface area contributed by atoms with Gasteiger partial charge in [0.25, 0.3) is 0 Å². The van der Waals surface area contributed by atoms with Crippen LogP contribution in [0.15, 0.2) is 36.4 Å². The molecule has 0 fully saturated rings. The maximum Gasteiger partial charge on any atom is 0.244 e. The smallest absolute Gasteiger partial charge is 0.244 e. The molecule has 0 saturated heterocycles. The molecule has 0 spiro atoms. The molecule has 0 unspecified atom stereocenters. The number of aryl methyl sites for hydroxylation is 2. The minimum absolute atomic E-state index is 0.0620. The van der Waals surface area contributed by atoms with Crippen LogP contribution in [-0.2, 0) is 26.2 Å². The van der Waals surface area contributed by atoms with Gasteiger partial charge in [0, 0.05) is 12.6 Å². The van der Waals surface area contributed by atoms with Crippen LogP contribution in [0, 0.1) is 13.8 Å². The van der Waals surface area contributed by atoms with Gasteiger partial charge in [0.1, 0.15) is 12.6 Å². The van der Waals surface area contributed by atoms with E-state index in [2.05, 4.69) is 5.32 Å². The number of nitrogens with zero attached hydrogens (tertiary/aromatic N) is 2. The normalized spacial score (nSPS) is 13.1. The highest BCUT2D eigenvalue weighted by molar-refractivity contribution is 7.92. The van der Waals surface area contributed by atoms with Crippen LogP contribution in [0.25, 0.3) is 0 Å². The zero-order chi connectivity index (χ0) is 27.2. The first kappa shape index (κ1) is 29.9. The molecule has 2 aromatic carbocycles. The predicted molar refractivity (Wildman–Crippen MR) is 147 cm³/mol. The predicted octanol–water partition coefficient (Wildman–Crippen LogP) is 5.10. The van der Waals surface area contributed by atoms with Crippen molar-refractivity contribution in [3.8, 4) is 0 Å². The average Bonchev–Trinajstić information content (AvgIpc) is 2.79. The molecule has 0 aliphatic carbocycles. The highest BCUT2D eigenvalue weighted by atomic mass is 35.5. The Hall–Kier alpha value is -2.29. The number of hydrogen-bond donors (Lipinski definition) is 1. The molecule has 36 heavy (non-hydrogen) atoms. The monoisotopic (exact) mass is 555 g/mol. The maximum absolute atomic E-state index is 13.8. The third-order valence-corrected chi connectivity index (χ3v) is 7.94. The molecule has 2 rings (SSSR count). The molecule has 0 aliphatic heterocycles. The van der Waals surface area contributed by atoms with Crippen molar-refractivity contribution in [3.63, 3.8) is 0 Å². The number of sulfonamides is 1. The first-order chi connectivity index (χ1) is 16.8. The van der Waals surface area contributed by atoms with Gasteiger partial charge < -0.3 is 10.2 Å². The van der Waals surface area contributed by atoms with Crippen molar-refractivity contribution in [2.45, 2.75) is 66.1 Å². The Morgan fingerprint density at radius 1 is 1.00 bits per heavy atom. The number of amides is 2. The summed E-state index contributed by atoms with van der Waals surface area (Å²) in [5.74, 6) is -0.793. The molecule has 0 heterocycles. The fourth-order valence-electron chi connectivity index (χ4n) is 3.97. The molecule has 0 aromatic heterocycles. The number of rotatable bonds is 11. The van der Waals surface area contributed by atoms with Crippen LogP contribution in [-0.4, -0.2) is 50.0 Å². The molecule has 7 nitrogen and oxygen atoms in total. The molecule has 1 N–H and O–H groups in total. The highest BCUT2D eigenvalue weighted by Gasteiger charge is 2.33. The lowest BCUT2D eigenvalue weighted by molar-refractivity contribution is -0.140. The third kappa shape index (κ3) is 7.60. The molecule has 0 radical (unpaired) electrons. The molecule has 0 saturated carbocycles. The van der Waals surface area contributed by atoms with Crippen LogP contribution in [0.2, 0.25) is 10.0 Å². The van der Waals surface area contributed by atoms with E-state index >= 15 is 0 Å². The molecule has 2 amide bonds. The van der Waals surface area contributed by atoms with E-state index in [9.17, 15) is 18.0 Å². The minimum atomic E-state index is -3.81. The average molecular weight is 557 g/mol. The Labute approximate surface area is 224 Å². The Bertz CT molecular complexity index is 1180. The van der Waals surface area contributed by atoms with Crippen molar-refractivity contribution in [1.82, 2.24) is 10.2 Å². The first-order valence-corrected chi connectivity index (χ1v) is 14.5. The molecule has 10 heteroatoms. The number of carbonyl (C=O) groups excluding carboxylic acids is 2. The van der Waals surface area contributed by atoms with Crippen molar-refractivity contribution < 1.29 is 18.0 Å². The van der Waals surface area contributed by atoms with Crippen molar-refractivity contribution in [3.05, 3.63) is 63.1 Å². The van der Waals surface area contributed by atoms with Gasteiger partial charge in [-0.05, 0) is 62.4 Å². The lowest BCUT2D eigenvalue weighted by Crippen LogP contribution is -2.53. The van der Waals surface area contributed by atoms with E-state index in [0.29, 0.717) is 27.7 Å². The molecule has 198 valence electrons. The Morgan fingerprint density at radius 2 is 1.61 bits per heavy atom. The number of para-hydroxylation sites is 1. The van der Waals surface area contributed by atoms with Gasteiger partial charge in [0.15, 0.2) is 0 Å². The zero-order valence-electron chi connectivity index (χ0n) is 21.6. The van der Waals surface area contributed by atoms with E-state index < -0.39 is 28.5 Å². The second kappa shape index (κ2) is 12.8. The summed E-state index contributed by atoms with van der Waals surface area (Å²) in [4.78, 5) is 28.4. The minimum Gasteiger partial charge on any atom is -0.352 e. The van der Waals surface area contributed by atoms with E-state index in [0.717, 1.165) is 28.1 Å². The van der Waals surface area contributed by atoms with Crippen molar-refractivity contribution in [1.29, 1.82) is 0 Å². The van der Waals surface area contributed by atoms with Crippen LogP contribution in [0.4, 0.5) is 5.69 Å². The standard InChI is InChI=1S/C26H35Cl2N3O4S/c1-7-19(5)29-26(33)23(8-2)30(15-20-12-13-21(27)22(28)14-20)24(32)16-31(36(6,34)35)25-17(3)10-9-11-18(25)4/h9-14,19,23H,7-8,15-16H2,1-6H3,(H,29,33)/t19-,23+/m1/s1. The molecule has 0 aliphatic rings. The van der Waals surface area contributed by atoms with E-state index in [1.54, 1.807) is 44.2 Å². The van der Waals surface area contributed by atoms with Crippen molar-refractivity contribution >= 4 is 50.7 Å². The Balaban J connectivity index is 2.52. The fourth-order valence-corrected chi connectivity index (χ4v) is 5.26. The number of carbonyl (C=O) groups is 2. The highest BCUT2D eigenvalue weighted by Crippen LogP contribution is 2.28. The molecule has 2 aromatic rings. The molecular formula is C26H35Cl2N3O4S. The number of nitrogens with one attached hydrogen (secondary N) is 1. The number of anilines is 1. The second-order valence-electron chi connectivity index (χ2n) is 9.02. The lowest BCUT2D eigenvalue weighted by Gasteiger charge is -2.34. The number of hydrogen-bond acceptors (Lipinski definition) is 4. The Morgan fingerprint density at radius 3 is 2.11 bits per heavy atom. The van der Waals surface area contributed by atoms with E-state index in [1.165, 1.54) is 4.90 Å². The van der Waals surface area contributed by atoms with Crippen LogP contribution >= 0.6 is 23.2 Å². The number of benzene rings is 2. The van der Waals surface area contributed by atoms with E-state index in [-0.39, 0.29) is 18.5 Å². The van der Waals surface area contributed by atoms with E-state index in [1.807, 2.05) is 26.8 Å². The van der Waals surface area contributed by atoms with Gasteiger partial charge in [0.05, 0.1) is 22.0 Å². The summed E-state index contributed by atoms with van der Waals surface area (Å²) in [6.07, 6.45) is 2.15. The third-order valence-electron chi connectivity index (χ3n) is 6.09. The largest absolute Gasteiger partial charge is 0.352 e. The van der Waals surface area contributed by atoms with Crippen molar-refractivity contribution in [2.24, 2.45) is 0 Å². The lowest BCUT2D eigenvalue weighted by atomic mass is 10.1. The van der Waals surface area contributed by atoms with Crippen LogP contribution < -0.4 is 9.62 Å². The summed E-state index contributed by atoms with van der Waals surface area (Å²) >= 11 is 12.3. The molecule has 0 bridgehead atoms. The summed E-state index contributed by atoms with van der Waals surface area (Å²) in [5.41, 5.74) is 2.59. The summed E-state index contributed by atoms with van der Waals surface area (Å²) in [6, 6.07) is 9.55. The SMILES string of the molecule is CC[C@@H](C)NC(=O)[C@H](CC)N(Cc1ccc(Cl)c(Cl)c1)C(=O)CN(c1c(C)cccc1C)S(C)(=O)=O. The summed E-state index contributed by atoms with van der Waals surface area (Å²) in [5, 5.41) is 3.64. The zero-order valence-corrected chi connectivity index (χ0v) is 24.0. The van der Waals surface area contributed by atoms with Crippen LogP contribution in [0.1, 0.15) is 50.3 Å². The fraction of sp³-hybridized carbons (Fsp3) is 0.462. The Kier molecular flexibility index (Phi) is 10.6. The summed E-state index contributed by atoms with van der Waals surface area (Å²) in [7, 11) is -3.81. The topological polar surface area (TPSA) is 86.8 Å². The molecule has 2 atom stereocenters. The maximum atomic E-state index is 13.8. The summed E-state index contributed by atoms with van der Waals surface area (Å²) < 4.78 is 26.8. The van der Waals surface area contributed by atoms with Crippen LogP contribution in [0.3, 0.4) is 0 Å². The van der Waals surface area contributed by atoms with Gasteiger partial charge in [-0.2, -0.15) is 0 Å². The van der Waals surface area contributed by atoms with Gasteiger partial charge in [-0.15, -0.1) is 0 Å². The van der Waals surface area contributed by atoms with Crippen molar-refractivity contribution in [2.75, 3.05) is 17.1 Å². The first-order valence-electron chi connectivity index (χ1n) is 11.9. The molecular weight excluding hydrogens is 521 g/mol. The van der Waals surface area contributed by atoms with E-state index in [4.69, 9.17) is 23.2 Å². The van der Waals surface area contributed by atoms with Gasteiger partial charge in [0.2, 0.25) is 21.8 Å². The summed E-state index contributed by atoms with van der Waals surface area (Å²) in [6.45, 7) is 8.88. The van der Waals surface area contributed by atoms with Crippen LogP contribution in [0.5, 0.6) is 0 Å². The van der Waals surface area contributed by atoms with Gasteiger partial charge in [-0.3, -0.25) is 13.9 Å². The quantitative estimate of drug-likeness (QED) is 0.418. The van der Waals surface area contributed by atoms with Gasteiger partial charge in [-0.1, -0.05) is 61.3 Å². The van der Waals surface area contributed by atoms with Gasteiger partial charge in [-0.25, -0.2) is 8.42 Å². The van der Waals surface area contributed by atoms with Gasteiger partial charge >= 0.3 is 0 Å². The second-order valence-corrected chi connectivity index (χ2v) is 11.7.